The Morgan fingerprint density at radius 3 is 2.11 bits per heavy atom. The molecule has 0 spiro atoms. The zero-order valence-electron chi connectivity index (χ0n) is 10.3. The van der Waals surface area contributed by atoms with Gasteiger partial charge in [0.2, 0.25) is 0 Å². The number of carboxylic acids is 2. The molecule has 0 amide bonds. The fourth-order valence-corrected chi connectivity index (χ4v) is 2.38. The number of benzene rings is 1. The molecule has 0 saturated carbocycles. The molecule has 0 aliphatic heterocycles. The highest BCUT2D eigenvalue weighted by molar-refractivity contribution is 8.00. The molecule has 0 unspecified atom stereocenters. The first-order valence-electron chi connectivity index (χ1n) is 5.22. The van der Waals surface area contributed by atoms with Crippen LogP contribution >= 0.6 is 11.8 Å². The number of rotatable bonds is 5. The van der Waals surface area contributed by atoms with Crippen LogP contribution in [0.3, 0.4) is 0 Å². The molecule has 0 saturated heterocycles. The molecule has 0 atom stereocenters. The van der Waals surface area contributed by atoms with E-state index in [2.05, 4.69) is 0 Å². The minimum Gasteiger partial charge on any atom is -0.496 e. The van der Waals surface area contributed by atoms with Crippen LogP contribution in [-0.4, -0.2) is 34.5 Å². The summed E-state index contributed by atoms with van der Waals surface area (Å²) in [5.41, 5.74) is 0.0150. The third kappa shape index (κ3) is 3.16. The van der Waals surface area contributed by atoms with E-state index in [0.717, 1.165) is 0 Å². The maximum absolute atomic E-state index is 11.1. The van der Waals surface area contributed by atoms with Crippen molar-refractivity contribution in [1.29, 1.82) is 0 Å². The third-order valence-electron chi connectivity index (χ3n) is 2.13. The summed E-state index contributed by atoms with van der Waals surface area (Å²) >= 11 is 1.30. The molecule has 0 bridgehead atoms. The lowest BCUT2D eigenvalue weighted by atomic mass is 10.1. The monoisotopic (exact) mass is 270 g/mol. The minimum absolute atomic E-state index is 0.0364. The second-order valence-corrected chi connectivity index (χ2v) is 5.44. The highest BCUT2D eigenvalue weighted by Gasteiger charge is 2.20. The minimum atomic E-state index is -1.14. The summed E-state index contributed by atoms with van der Waals surface area (Å²) in [6.45, 7) is 3.81. The number of ether oxygens (including phenoxy) is 1. The lowest BCUT2D eigenvalue weighted by Crippen LogP contribution is -2.07. The smallest absolute Gasteiger partial charge is 0.339 e. The third-order valence-corrected chi connectivity index (χ3v) is 3.19. The van der Waals surface area contributed by atoms with Crippen molar-refractivity contribution in [2.24, 2.45) is 0 Å². The first-order chi connectivity index (χ1) is 8.36. The van der Waals surface area contributed by atoms with E-state index < -0.39 is 11.9 Å². The molecule has 0 radical (unpaired) electrons. The van der Waals surface area contributed by atoms with Crippen LogP contribution < -0.4 is 4.74 Å². The molecule has 1 aromatic rings. The second-order valence-electron chi connectivity index (χ2n) is 3.83. The van der Waals surface area contributed by atoms with Crippen LogP contribution in [0.25, 0.3) is 0 Å². The van der Waals surface area contributed by atoms with Crippen molar-refractivity contribution < 1.29 is 24.5 Å². The van der Waals surface area contributed by atoms with Crippen LogP contribution in [0.4, 0.5) is 0 Å². The Labute approximate surface area is 109 Å². The van der Waals surface area contributed by atoms with Gasteiger partial charge in [-0.05, 0) is 12.1 Å². The Balaban J connectivity index is 3.42. The number of hydrogen-bond acceptors (Lipinski definition) is 4. The summed E-state index contributed by atoms with van der Waals surface area (Å²) in [7, 11) is 1.31. The van der Waals surface area contributed by atoms with Gasteiger partial charge in [0.25, 0.3) is 0 Å². The zero-order valence-corrected chi connectivity index (χ0v) is 11.1. The lowest BCUT2D eigenvalue weighted by molar-refractivity contribution is 0.0675. The Morgan fingerprint density at radius 2 is 1.72 bits per heavy atom. The van der Waals surface area contributed by atoms with E-state index in [4.69, 9.17) is 14.9 Å². The first kappa shape index (κ1) is 14.4. The van der Waals surface area contributed by atoms with E-state index >= 15 is 0 Å². The van der Waals surface area contributed by atoms with Crippen molar-refractivity contribution in [3.63, 3.8) is 0 Å². The van der Waals surface area contributed by atoms with Crippen LogP contribution in [0.5, 0.6) is 5.75 Å². The SMILES string of the molecule is COc1cc(C(=O)O)c(SC(C)C)cc1C(=O)O. The van der Waals surface area contributed by atoms with Gasteiger partial charge in [-0.15, -0.1) is 11.8 Å². The average Bonchev–Trinajstić information content (AvgIpc) is 2.27. The summed E-state index contributed by atoms with van der Waals surface area (Å²) < 4.78 is 4.90. The fourth-order valence-electron chi connectivity index (χ4n) is 1.41. The summed E-state index contributed by atoms with van der Waals surface area (Å²) in [6.07, 6.45) is 0. The van der Waals surface area contributed by atoms with E-state index in [0.29, 0.717) is 4.90 Å². The van der Waals surface area contributed by atoms with E-state index in [1.165, 1.54) is 31.0 Å². The van der Waals surface area contributed by atoms with Crippen LogP contribution in [0.2, 0.25) is 0 Å². The standard InChI is InChI=1S/C12H14O5S/c1-6(2)18-10-5-7(11(13)14)9(17-3)4-8(10)12(15)16/h4-6H,1-3H3,(H,13,14)(H,15,16). The largest absolute Gasteiger partial charge is 0.496 e. The molecule has 18 heavy (non-hydrogen) atoms. The highest BCUT2D eigenvalue weighted by Crippen LogP contribution is 2.32. The fraction of sp³-hybridized carbons (Fsp3) is 0.333. The predicted molar refractivity (Wildman–Crippen MR) is 67.9 cm³/mol. The molecule has 98 valence electrons. The van der Waals surface area contributed by atoms with Crippen molar-refractivity contribution in [2.75, 3.05) is 7.11 Å². The maximum Gasteiger partial charge on any atom is 0.339 e. The van der Waals surface area contributed by atoms with Crippen LogP contribution in [0, 0.1) is 0 Å². The van der Waals surface area contributed by atoms with E-state index in [1.807, 2.05) is 13.8 Å². The van der Waals surface area contributed by atoms with E-state index in [-0.39, 0.29) is 22.1 Å². The number of hydrogen-bond donors (Lipinski definition) is 2. The number of aromatic carboxylic acids is 2. The van der Waals surface area contributed by atoms with Crippen molar-refractivity contribution in [1.82, 2.24) is 0 Å². The first-order valence-corrected chi connectivity index (χ1v) is 6.10. The van der Waals surface area contributed by atoms with Gasteiger partial charge in [-0.3, -0.25) is 0 Å². The van der Waals surface area contributed by atoms with Gasteiger partial charge >= 0.3 is 11.9 Å². The quantitative estimate of drug-likeness (QED) is 0.800. The van der Waals surface area contributed by atoms with E-state index in [9.17, 15) is 9.59 Å². The Kier molecular flexibility index (Phi) is 4.61. The molecule has 0 aromatic heterocycles. The number of carbonyl (C=O) groups is 2. The van der Waals surface area contributed by atoms with Gasteiger partial charge in [0.1, 0.15) is 11.3 Å². The lowest BCUT2D eigenvalue weighted by Gasteiger charge is -2.12. The molecular formula is C12H14O5S. The summed E-state index contributed by atoms with van der Waals surface area (Å²) in [6, 6.07) is 2.59. The van der Waals surface area contributed by atoms with Gasteiger partial charge in [-0.25, -0.2) is 9.59 Å². The predicted octanol–water partition coefficient (Wildman–Crippen LogP) is 2.59. The molecule has 1 aromatic carbocycles. The Morgan fingerprint density at radius 1 is 1.17 bits per heavy atom. The number of carboxylic acid groups (broad SMARTS) is 2. The molecular weight excluding hydrogens is 256 g/mol. The van der Waals surface area contributed by atoms with Gasteiger partial charge in [0.15, 0.2) is 0 Å². The molecule has 0 heterocycles. The molecule has 5 nitrogen and oxygen atoms in total. The molecule has 2 N–H and O–H groups in total. The van der Waals surface area contributed by atoms with Crippen LogP contribution in [0.15, 0.2) is 17.0 Å². The van der Waals surface area contributed by atoms with Gasteiger partial charge in [-0.2, -0.15) is 0 Å². The molecule has 1 rings (SSSR count). The van der Waals surface area contributed by atoms with E-state index in [1.54, 1.807) is 0 Å². The van der Waals surface area contributed by atoms with Gasteiger partial charge < -0.3 is 14.9 Å². The average molecular weight is 270 g/mol. The normalized spacial score (nSPS) is 10.4. The van der Waals surface area contributed by atoms with Crippen molar-refractivity contribution in [2.45, 2.75) is 24.0 Å². The van der Waals surface area contributed by atoms with Crippen molar-refractivity contribution in [3.8, 4) is 5.75 Å². The molecule has 0 fully saturated rings. The topological polar surface area (TPSA) is 83.8 Å². The summed E-state index contributed by atoms with van der Waals surface area (Å²) in [4.78, 5) is 22.6. The number of thioether (sulfide) groups is 1. The van der Waals surface area contributed by atoms with Crippen molar-refractivity contribution in [3.05, 3.63) is 23.3 Å². The van der Waals surface area contributed by atoms with Crippen LogP contribution in [0.1, 0.15) is 34.6 Å². The van der Waals surface area contributed by atoms with Gasteiger partial charge in [0, 0.05) is 10.1 Å². The highest BCUT2D eigenvalue weighted by atomic mass is 32.2. The Bertz CT molecular complexity index is 482. The zero-order chi connectivity index (χ0) is 13.9. The van der Waals surface area contributed by atoms with Crippen molar-refractivity contribution >= 4 is 23.7 Å². The molecule has 0 aliphatic carbocycles. The van der Waals surface area contributed by atoms with Gasteiger partial charge in [0.05, 0.1) is 12.7 Å². The summed E-state index contributed by atoms with van der Waals surface area (Å²) in [5.74, 6) is -2.20. The number of methoxy groups -OCH3 is 1. The Hall–Kier alpha value is -1.69. The maximum atomic E-state index is 11.1. The van der Waals surface area contributed by atoms with Gasteiger partial charge in [-0.1, -0.05) is 13.8 Å². The van der Waals surface area contributed by atoms with Crippen LogP contribution in [-0.2, 0) is 0 Å². The molecule has 6 heteroatoms. The molecule has 0 aliphatic rings. The summed E-state index contributed by atoms with van der Waals surface area (Å²) in [5, 5.41) is 18.3. The second kappa shape index (κ2) is 5.77.